The molecule has 22 heavy (non-hydrogen) atoms. The highest BCUT2D eigenvalue weighted by atomic mass is 32.1. The van der Waals surface area contributed by atoms with Crippen LogP contribution in [0.5, 0.6) is 0 Å². The molecular formula is C15H14N2O4S. The van der Waals surface area contributed by atoms with Crippen molar-refractivity contribution in [3.63, 3.8) is 0 Å². The summed E-state index contributed by atoms with van der Waals surface area (Å²) in [5, 5.41) is 9.56. The molecule has 0 saturated heterocycles. The van der Waals surface area contributed by atoms with Crippen molar-refractivity contribution < 1.29 is 9.90 Å². The van der Waals surface area contributed by atoms with Crippen LogP contribution < -0.4 is 10.3 Å². The van der Waals surface area contributed by atoms with Crippen molar-refractivity contribution in [2.45, 2.75) is 26.9 Å². The minimum Gasteiger partial charge on any atom is -0.477 e. The van der Waals surface area contributed by atoms with E-state index in [4.69, 9.17) is 0 Å². The number of rotatable bonds is 3. The molecular weight excluding hydrogens is 304 g/mol. The molecule has 0 aliphatic carbocycles. The van der Waals surface area contributed by atoms with E-state index in [0.717, 1.165) is 11.3 Å². The normalized spacial score (nSPS) is 11.4. The summed E-state index contributed by atoms with van der Waals surface area (Å²) < 4.78 is 3.86. The molecule has 6 nitrogen and oxygen atoms in total. The molecule has 0 amide bonds. The molecule has 0 fully saturated rings. The molecule has 0 unspecified atom stereocenters. The Morgan fingerprint density at radius 2 is 1.86 bits per heavy atom. The third kappa shape index (κ3) is 1.89. The zero-order valence-corrected chi connectivity index (χ0v) is 12.9. The molecule has 2 aromatic heterocycles. The highest BCUT2D eigenvalue weighted by Gasteiger charge is 2.18. The molecule has 0 radical (unpaired) electrons. The average Bonchev–Trinajstić information content (AvgIpc) is 2.82. The number of nitrogens with zero attached hydrogens (tertiary/aromatic N) is 2. The molecule has 2 heterocycles. The third-order valence-electron chi connectivity index (χ3n) is 3.77. The van der Waals surface area contributed by atoms with Gasteiger partial charge < -0.3 is 9.67 Å². The Hall–Kier alpha value is -2.41. The van der Waals surface area contributed by atoms with Crippen molar-refractivity contribution in [1.82, 2.24) is 9.13 Å². The molecule has 7 heteroatoms. The summed E-state index contributed by atoms with van der Waals surface area (Å²) in [4.78, 5) is 35.8. The Bertz CT molecular complexity index is 1030. The summed E-state index contributed by atoms with van der Waals surface area (Å²) in [5.74, 6) is -1.26. The highest BCUT2D eigenvalue weighted by molar-refractivity contribution is 7.17. The number of hydrogen-bond donors (Lipinski definition) is 1. The van der Waals surface area contributed by atoms with Crippen LogP contribution in [0.4, 0.5) is 0 Å². The monoisotopic (exact) mass is 318 g/mol. The second kappa shape index (κ2) is 5.10. The maximum absolute atomic E-state index is 12.6. The van der Waals surface area contributed by atoms with E-state index in [0.29, 0.717) is 34.2 Å². The van der Waals surface area contributed by atoms with E-state index in [-0.39, 0.29) is 10.4 Å². The Labute approximate surface area is 128 Å². The van der Waals surface area contributed by atoms with Gasteiger partial charge in [-0.2, -0.15) is 0 Å². The van der Waals surface area contributed by atoms with Crippen LogP contribution in [0.1, 0.15) is 24.2 Å². The van der Waals surface area contributed by atoms with Gasteiger partial charge in [-0.3, -0.25) is 14.2 Å². The van der Waals surface area contributed by atoms with Crippen LogP contribution in [0.15, 0.2) is 27.9 Å². The van der Waals surface area contributed by atoms with Crippen molar-refractivity contribution in [3.8, 4) is 0 Å². The van der Waals surface area contributed by atoms with E-state index in [1.165, 1.54) is 6.20 Å². The number of carbonyl (C=O) groups is 1. The summed E-state index contributed by atoms with van der Waals surface area (Å²) in [7, 11) is 0. The van der Waals surface area contributed by atoms with Crippen LogP contribution in [0.3, 0.4) is 0 Å². The zero-order valence-electron chi connectivity index (χ0n) is 12.1. The van der Waals surface area contributed by atoms with Gasteiger partial charge in [0.25, 0.3) is 0 Å². The van der Waals surface area contributed by atoms with Crippen LogP contribution >= 0.6 is 11.3 Å². The van der Waals surface area contributed by atoms with E-state index in [9.17, 15) is 19.5 Å². The predicted octanol–water partition coefficient (Wildman–Crippen LogP) is 2.12. The minimum atomic E-state index is -1.26. The van der Waals surface area contributed by atoms with Gasteiger partial charge in [-0.25, -0.2) is 4.79 Å². The average molecular weight is 318 g/mol. The summed E-state index contributed by atoms with van der Waals surface area (Å²) >= 11 is 0.988. The van der Waals surface area contributed by atoms with E-state index < -0.39 is 11.4 Å². The number of benzene rings is 1. The van der Waals surface area contributed by atoms with Crippen molar-refractivity contribution in [2.75, 3.05) is 0 Å². The number of aryl methyl sites for hydroxylation is 2. The van der Waals surface area contributed by atoms with E-state index in [2.05, 4.69) is 0 Å². The van der Waals surface area contributed by atoms with Crippen molar-refractivity contribution >= 4 is 38.4 Å². The van der Waals surface area contributed by atoms with Gasteiger partial charge in [0.05, 0.1) is 21.1 Å². The van der Waals surface area contributed by atoms with E-state index in [1.54, 1.807) is 15.2 Å². The number of carboxylic acids is 1. The Morgan fingerprint density at radius 3 is 2.45 bits per heavy atom. The van der Waals surface area contributed by atoms with Crippen LogP contribution in [-0.2, 0) is 13.1 Å². The van der Waals surface area contributed by atoms with E-state index >= 15 is 0 Å². The SMILES string of the molecule is CCn1cc(C(=O)O)c(=O)c2c3sc(=O)n(CC)c3ccc21. The number of thiazole rings is 1. The fourth-order valence-corrected chi connectivity index (χ4v) is 3.80. The van der Waals surface area contributed by atoms with Crippen LogP contribution in [0.2, 0.25) is 0 Å². The number of hydrogen-bond acceptors (Lipinski definition) is 4. The topological polar surface area (TPSA) is 81.3 Å². The zero-order chi connectivity index (χ0) is 16.0. The van der Waals surface area contributed by atoms with Gasteiger partial charge in [0.15, 0.2) is 0 Å². The molecule has 1 aromatic carbocycles. The fourth-order valence-electron chi connectivity index (χ4n) is 2.71. The highest BCUT2D eigenvalue weighted by Crippen LogP contribution is 2.26. The molecule has 114 valence electrons. The minimum absolute atomic E-state index is 0.145. The molecule has 1 N–H and O–H groups in total. The van der Waals surface area contributed by atoms with Gasteiger partial charge in [-0.15, -0.1) is 0 Å². The van der Waals surface area contributed by atoms with Crippen molar-refractivity contribution in [3.05, 3.63) is 43.8 Å². The molecule has 0 aliphatic heterocycles. The first-order valence-electron chi connectivity index (χ1n) is 6.92. The number of pyridine rings is 1. The first-order chi connectivity index (χ1) is 10.5. The largest absolute Gasteiger partial charge is 0.477 e. The summed E-state index contributed by atoms with van der Waals surface area (Å²) in [5.41, 5.74) is 0.509. The summed E-state index contributed by atoms with van der Waals surface area (Å²) in [6, 6.07) is 3.58. The molecule has 0 spiro atoms. The number of aromatic carboxylic acids is 1. The summed E-state index contributed by atoms with van der Waals surface area (Å²) in [6.45, 7) is 4.77. The number of carboxylic acid groups (broad SMARTS) is 1. The van der Waals surface area contributed by atoms with Gasteiger partial charge in [-0.1, -0.05) is 11.3 Å². The lowest BCUT2D eigenvalue weighted by Gasteiger charge is -2.10. The second-order valence-corrected chi connectivity index (χ2v) is 5.84. The second-order valence-electron chi connectivity index (χ2n) is 4.88. The van der Waals surface area contributed by atoms with E-state index in [1.807, 2.05) is 19.9 Å². The predicted molar refractivity (Wildman–Crippen MR) is 86.2 cm³/mol. The van der Waals surface area contributed by atoms with Crippen molar-refractivity contribution in [1.29, 1.82) is 0 Å². The standard InChI is InChI=1S/C15H14N2O4S/c1-3-16-7-8(14(19)20)12(18)11-9(16)5-6-10-13(11)22-15(21)17(10)4-2/h5-7H,3-4H2,1-2H3,(H,19,20). The molecule has 0 saturated carbocycles. The van der Waals surface area contributed by atoms with Gasteiger partial charge in [0.1, 0.15) is 5.56 Å². The van der Waals surface area contributed by atoms with Crippen LogP contribution in [0, 0.1) is 0 Å². The van der Waals surface area contributed by atoms with Crippen LogP contribution in [-0.4, -0.2) is 20.2 Å². The number of fused-ring (bicyclic) bond motifs is 3. The fraction of sp³-hybridized carbons (Fsp3) is 0.267. The lowest BCUT2D eigenvalue weighted by atomic mass is 10.1. The maximum atomic E-state index is 12.6. The smallest absolute Gasteiger partial charge is 0.341 e. The lowest BCUT2D eigenvalue weighted by Crippen LogP contribution is -2.18. The van der Waals surface area contributed by atoms with Crippen LogP contribution in [0.25, 0.3) is 21.1 Å². The maximum Gasteiger partial charge on any atom is 0.341 e. The first-order valence-corrected chi connectivity index (χ1v) is 7.74. The Kier molecular flexibility index (Phi) is 3.37. The quantitative estimate of drug-likeness (QED) is 0.802. The summed E-state index contributed by atoms with van der Waals surface area (Å²) in [6.07, 6.45) is 1.36. The lowest BCUT2D eigenvalue weighted by molar-refractivity contribution is 0.0695. The Morgan fingerprint density at radius 1 is 1.18 bits per heavy atom. The Balaban J connectivity index is 2.63. The van der Waals surface area contributed by atoms with Gasteiger partial charge in [-0.05, 0) is 26.0 Å². The molecule has 0 bridgehead atoms. The van der Waals surface area contributed by atoms with Gasteiger partial charge in [0, 0.05) is 19.3 Å². The molecule has 0 atom stereocenters. The molecule has 0 aliphatic rings. The molecule has 3 aromatic rings. The first kappa shape index (κ1) is 14.5. The van der Waals surface area contributed by atoms with Crippen molar-refractivity contribution in [2.24, 2.45) is 0 Å². The molecule has 3 rings (SSSR count). The van der Waals surface area contributed by atoms with Gasteiger partial charge in [0.2, 0.25) is 5.43 Å². The number of aromatic nitrogens is 2. The van der Waals surface area contributed by atoms with Gasteiger partial charge >= 0.3 is 10.8 Å². The third-order valence-corrected chi connectivity index (χ3v) is 4.78.